The van der Waals surface area contributed by atoms with Gasteiger partial charge in [0.25, 0.3) is 5.91 Å². The maximum atomic E-state index is 12.5. The fraction of sp³-hybridized carbons (Fsp3) is 0.333. The van der Waals surface area contributed by atoms with Gasteiger partial charge in [-0.3, -0.25) is 9.59 Å². The summed E-state index contributed by atoms with van der Waals surface area (Å²) in [5, 5.41) is 6.04. The summed E-state index contributed by atoms with van der Waals surface area (Å²) >= 11 is 12.5. The summed E-state index contributed by atoms with van der Waals surface area (Å²) in [6.07, 6.45) is 4.33. The number of halogens is 2. The van der Waals surface area contributed by atoms with Crippen molar-refractivity contribution < 1.29 is 14.3 Å². The highest BCUT2D eigenvalue weighted by Gasteiger charge is 2.14. The van der Waals surface area contributed by atoms with Crippen LogP contribution in [0.4, 0.5) is 11.4 Å². The van der Waals surface area contributed by atoms with Crippen molar-refractivity contribution in [1.29, 1.82) is 0 Å². The van der Waals surface area contributed by atoms with E-state index >= 15 is 0 Å². The number of rotatable bonds is 9. The molecule has 0 radical (unpaired) electrons. The van der Waals surface area contributed by atoms with Crippen LogP contribution in [0.1, 0.15) is 49.9 Å². The summed E-state index contributed by atoms with van der Waals surface area (Å²) in [5.74, 6) is -0.102. The second-order valence-corrected chi connectivity index (χ2v) is 7.21. The number of carbonyl (C=O) groups excluding carboxylic acids is 2. The predicted octanol–water partition coefficient (Wildman–Crippen LogP) is 6.16. The van der Waals surface area contributed by atoms with Gasteiger partial charge in [-0.05, 0) is 42.8 Å². The lowest BCUT2D eigenvalue weighted by Gasteiger charge is -2.12. The van der Waals surface area contributed by atoms with Crippen molar-refractivity contribution in [1.82, 2.24) is 0 Å². The van der Waals surface area contributed by atoms with Gasteiger partial charge in [0, 0.05) is 23.9 Å². The van der Waals surface area contributed by atoms with Crippen molar-refractivity contribution in [2.24, 2.45) is 0 Å². The van der Waals surface area contributed by atoms with E-state index in [0.29, 0.717) is 39.3 Å². The lowest BCUT2D eigenvalue weighted by atomic mass is 10.2. The van der Waals surface area contributed by atoms with E-state index in [1.807, 2.05) is 0 Å². The van der Waals surface area contributed by atoms with Crippen LogP contribution in [0.25, 0.3) is 0 Å². The largest absolute Gasteiger partial charge is 0.490 e. The van der Waals surface area contributed by atoms with Crippen LogP contribution < -0.4 is 15.4 Å². The Morgan fingerprint density at radius 1 is 0.929 bits per heavy atom. The molecule has 0 saturated carbocycles. The van der Waals surface area contributed by atoms with Crippen molar-refractivity contribution in [3.8, 4) is 5.75 Å². The second kappa shape index (κ2) is 10.9. The highest BCUT2D eigenvalue weighted by Crippen LogP contribution is 2.34. The van der Waals surface area contributed by atoms with Crippen LogP contribution in [0, 0.1) is 0 Å². The molecule has 0 aliphatic heterocycles. The smallest absolute Gasteiger partial charge is 0.255 e. The van der Waals surface area contributed by atoms with Gasteiger partial charge in [-0.1, -0.05) is 49.4 Å². The van der Waals surface area contributed by atoms with E-state index in [4.69, 9.17) is 27.9 Å². The van der Waals surface area contributed by atoms with Gasteiger partial charge in [-0.15, -0.1) is 0 Å². The molecule has 0 aliphatic carbocycles. The van der Waals surface area contributed by atoms with Gasteiger partial charge in [-0.2, -0.15) is 0 Å². The van der Waals surface area contributed by atoms with Gasteiger partial charge in [-0.25, -0.2) is 0 Å². The van der Waals surface area contributed by atoms with Crippen LogP contribution in [-0.4, -0.2) is 18.4 Å². The van der Waals surface area contributed by atoms with E-state index < -0.39 is 0 Å². The lowest BCUT2D eigenvalue weighted by Crippen LogP contribution is -2.12. The number of carbonyl (C=O) groups is 2. The molecule has 2 aromatic rings. The zero-order chi connectivity index (χ0) is 20.5. The minimum Gasteiger partial charge on any atom is -0.490 e. The molecule has 0 saturated heterocycles. The zero-order valence-electron chi connectivity index (χ0n) is 16.0. The third-order valence-corrected chi connectivity index (χ3v) is 4.53. The highest BCUT2D eigenvalue weighted by atomic mass is 35.5. The fourth-order valence-electron chi connectivity index (χ4n) is 2.58. The summed E-state index contributed by atoms with van der Waals surface area (Å²) in [4.78, 5) is 23.5. The molecular weight excluding hydrogens is 399 g/mol. The number of amides is 2. The number of hydrogen-bond donors (Lipinski definition) is 2. The Labute approximate surface area is 175 Å². The Kier molecular flexibility index (Phi) is 8.61. The van der Waals surface area contributed by atoms with Crippen molar-refractivity contribution in [2.75, 3.05) is 17.2 Å². The third kappa shape index (κ3) is 6.73. The quantitative estimate of drug-likeness (QED) is 0.475. The number of unbranched alkanes of at least 4 members (excludes halogenated alkanes) is 3. The molecule has 0 aromatic heterocycles. The average Bonchev–Trinajstić information content (AvgIpc) is 2.64. The first kappa shape index (κ1) is 22.1. The monoisotopic (exact) mass is 422 g/mol. The minimum atomic E-state index is -0.342. The molecule has 0 heterocycles. The van der Waals surface area contributed by atoms with Gasteiger partial charge in [0.05, 0.1) is 16.7 Å². The molecule has 150 valence electrons. The Hall–Kier alpha value is -2.24. The van der Waals surface area contributed by atoms with Crippen molar-refractivity contribution in [3.63, 3.8) is 0 Å². The minimum absolute atomic E-state index is 0.159. The van der Waals surface area contributed by atoms with Crippen molar-refractivity contribution in [3.05, 3.63) is 52.0 Å². The number of ether oxygens (including phenoxy) is 1. The number of hydrogen-bond acceptors (Lipinski definition) is 3. The second-order valence-electron chi connectivity index (χ2n) is 6.39. The number of anilines is 2. The maximum Gasteiger partial charge on any atom is 0.255 e. The highest BCUT2D eigenvalue weighted by molar-refractivity contribution is 6.37. The van der Waals surface area contributed by atoms with E-state index in [-0.39, 0.29) is 11.8 Å². The first-order chi connectivity index (χ1) is 13.4. The van der Waals surface area contributed by atoms with Crippen molar-refractivity contribution >= 4 is 46.4 Å². The molecule has 0 fully saturated rings. The van der Waals surface area contributed by atoms with E-state index in [1.54, 1.807) is 24.3 Å². The summed E-state index contributed by atoms with van der Waals surface area (Å²) in [6.45, 7) is 4.11. The number of nitrogens with one attached hydrogen (secondary N) is 2. The van der Waals surface area contributed by atoms with Crippen LogP contribution in [0.2, 0.25) is 10.0 Å². The molecule has 0 aliphatic rings. The molecule has 28 heavy (non-hydrogen) atoms. The van der Waals surface area contributed by atoms with Crippen LogP contribution in [0.3, 0.4) is 0 Å². The Morgan fingerprint density at radius 2 is 1.50 bits per heavy atom. The predicted molar refractivity (Wildman–Crippen MR) is 115 cm³/mol. The molecule has 0 bridgehead atoms. The van der Waals surface area contributed by atoms with E-state index in [0.717, 1.165) is 25.7 Å². The maximum absolute atomic E-state index is 12.5. The lowest BCUT2D eigenvalue weighted by molar-refractivity contribution is -0.114. The summed E-state index contributed by atoms with van der Waals surface area (Å²) in [5.41, 5.74) is 1.57. The molecule has 2 aromatic carbocycles. The molecule has 0 unspecified atom stereocenters. The van der Waals surface area contributed by atoms with Gasteiger partial charge in [0.1, 0.15) is 0 Å². The summed E-state index contributed by atoms with van der Waals surface area (Å²) in [6, 6.07) is 9.87. The van der Waals surface area contributed by atoms with Crippen molar-refractivity contribution in [2.45, 2.75) is 39.5 Å². The Balaban J connectivity index is 2.00. The SMILES string of the molecule is CCCCCCOc1c(Cl)cc(C(=O)Nc2ccc(NC(C)=O)cc2)cc1Cl. The first-order valence-corrected chi connectivity index (χ1v) is 9.97. The standard InChI is InChI=1S/C21H24Cl2N2O3/c1-3-4-5-6-11-28-20-18(22)12-15(13-19(20)23)21(27)25-17-9-7-16(8-10-17)24-14(2)26/h7-10,12-13H,3-6,11H2,1-2H3,(H,24,26)(H,25,27). The molecule has 2 rings (SSSR count). The molecular formula is C21H24Cl2N2O3. The topological polar surface area (TPSA) is 67.4 Å². The Morgan fingerprint density at radius 3 is 2.04 bits per heavy atom. The first-order valence-electron chi connectivity index (χ1n) is 9.21. The van der Waals surface area contributed by atoms with Crippen LogP contribution in [0.5, 0.6) is 5.75 Å². The van der Waals surface area contributed by atoms with Crippen LogP contribution in [0.15, 0.2) is 36.4 Å². The number of benzene rings is 2. The van der Waals surface area contributed by atoms with Gasteiger partial charge < -0.3 is 15.4 Å². The fourth-order valence-corrected chi connectivity index (χ4v) is 3.17. The normalized spacial score (nSPS) is 10.4. The van der Waals surface area contributed by atoms with Crippen LogP contribution in [-0.2, 0) is 4.79 Å². The summed E-state index contributed by atoms with van der Waals surface area (Å²) in [7, 11) is 0. The van der Waals surface area contributed by atoms with Crippen LogP contribution >= 0.6 is 23.2 Å². The van der Waals surface area contributed by atoms with Gasteiger partial charge in [0.15, 0.2) is 5.75 Å². The van der Waals surface area contributed by atoms with E-state index in [2.05, 4.69) is 17.6 Å². The Bertz CT molecular complexity index is 800. The van der Waals surface area contributed by atoms with E-state index in [1.165, 1.54) is 19.1 Å². The zero-order valence-corrected chi connectivity index (χ0v) is 17.5. The molecule has 2 N–H and O–H groups in total. The van der Waals surface area contributed by atoms with E-state index in [9.17, 15) is 9.59 Å². The molecule has 5 nitrogen and oxygen atoms in total. The molecule has 0 spiro atoms. The summed E-state index contributed by atoms with van der Waals surface area (Å²) < 4.78 is 5.68. The third-order valence-electron chi connectivity index (χ3n) is 3.97. The average molecular weight is 423 g/mol. The van der Waals surface area contributed by atoms with Gasteiger partial charge in [0.2, 0.25) is 5.91 Å². The molecule has 2 amide bonds. The molecule has 7 heteroatoms. The molecule has 0 atom stereocenters. The van der Waals surface area contributed by atoms with Gasteiger partial charge >= 0.3 is 0 Å².